The Morgan fingerprint density at radius 3 is 2.39 bits per heavy atom. The molecule has 2 aromatic carbocycles. The van der Waals surface area contributed by atoms with Gasteiger partial charge in [0.15, 0.2) is 0 Å². The lowest BCUT2D eigenvalue weighted by molar-refractivity contribution is -0.141. The zero-order valence-corrected chi connectivity index (χ0v) is 22.0. The fourth-order valence-electron chi connectivity index (χ4n) is 4.98. The standard InChI is InChI=1S/C28H25F4N7O2/c1-3-38-26-22(19(15-33-2)37-39(26)18-7-5-4-6-8-18)21(16-9-11-17(29)12-10-16)23(27(38)41)36-25(40)24-34-14-13-20(35-24)28(30,31)32/h4-14,21,23,33H,3,15H2,1-2H3,(H,36,40)/t21-,23+/m1/s1. The number of anilines is 1. The average Bonchev–Trinajstić information content (AvgIpc) is 3.33. The summed E-state index contributed by atoms with van der Waals surface area (Å²) in [6, 6.07) is 14.0. The van der Waals surface area contributed by atoms with Crippen LogP contribution in [0.25, 0.3) is 5.69 Å². The third-order valence-corrected chi connectivity index (χ3v) is 6.73. The molecule has 4 aromatic rings. The highest BCUT2D eigenvalue weighted by atomic mass is 19.4. The lowest BCUT2D eigenvalue weighted by Crippen LogP contribution is -2.55. The number of aromatic nitrogens is 4. The van der Waals surface area contributed by atoms with Crippen LogP contribution in [-0.2, 0) is 17.5 Å². The maximum atomic E-state index is 14.1. The zero-order valence-electron chi connectivity index (χ0n) is 22.0. The number of halogens is 4. The quantitative estimate of drug-likeness (QED) is 0.329. The molecule has 1 aliphatic rings. The second-order valence-electron chi connectivity index (χ2n) is 9.29. The fourth-order valence-corrected chi connectivity index (χ4v) is 4.98. The first-order chi connectivity index (χ1) is 19.6. The summed E-state index contributed by atoms with van der Waals surface area (Å²) in [7, 11) is 1.73. The van der Waals surface area contributed by atoms with E-state index in [1.165, 1.54) is 29.2 Å². The Morgan fingerprint density at radius 1 is 1.05 bits per heavy atom. The smallest absolute Gasteiger partial charge is 0.337 e. The maximum absolute atomic E-state index is 14.1. The molecular weight excluding hydrogens is 542 g/mol. The van der Waals surface area contributed by atoms with Crippen molar-refractivity contribution in [3.05, 3.63) is 101 Å². The number of nitrogens with zero attached hydrogens (tertiary/aromatic N) is 5. The van der Waals surface area contributed by atoms with E-state index >= 15 is 0 Å². The lowest BCUT2D eigenvalue weighted by atomic mass is 9.81. The summed E-state index contributed by atoms with van der Waals surface area (Å²) >= 11 is 0. The van der Waals surface area contributed by atoms with Gasteiger partial charge in [0, 0.05) is 30.8 Å². The second-order valence-corrected chi connectivity index (χ2v) is 9.29. The minimum atomic E-state index is -4.79. The van der Waals surface area contributed by atoms with Crippen molar-refractivity contribution in [2.24, 2.45) is 0 Å². The molecule has 3 heterocycles. The maximum Gasteiger partial charge on any atom is 0.433 e. The number of hydrogen-bond acceptors (Lipinski definition) is 6. The summed E-state index contributed by atoms with van der Waals surface area (Å²) in [4.78, 5) is 35.9. The molecule has 0 saturated heterocycles. The van der Waals surface area contributed by atoms with Crippen molar-refractivity contribution in [3.8, 4) is 5.69 Å². The molecule has 0 bridgehead atoms. The summed E-state index contributed by atoms with van der Waals surface area (Å²) in [6.07, 6.45) is -3.96. The molecule has 13 heteroatoms. The Balaban J connectivity index is 1.68. The van der Waals surface area contributed by atoms with Crippen LogP contribution >= 0.6 is 0 Å². The predicted octanol–water partition coefficient (Wildman–Crippen LogP) is 3.84. The van der Waals surface area contributed by atoms with Gasteiger partial charge in [0.2, 0.25) is 5.82 Å². The Bertz CT molecular complexity index is 1570. The van der Waals surface area contributed by atoms with E-state index in [9.17, 15) is 27.2 Å². The molecule has 0 unspecified atom stereocenters. The Kier molecular flexibility index (Phi) is 7.54. The Hall–Kier alpha value is -4.65. The van der Waals surface area contributed by atoms with E-state index < -0.39 is 47.3 Å². The van der Waals surface area contributed by atoms with Gasteiger partial charge in [-0.25, -0.2) is 19.0 Å². The zero-order chi connectivity index (χ0) is 29.3. The molecule has 2 atom stereocenters. The normalized spacial score (nSPS) is 16.9. The molecule has 5 rings (SSSR count). The molecule has 2 amide bonds. The summed E-state index contributed by atoms with van der Waals surface area (Å²) in [5.41, 5.74) is 1.07. The third-order valence-electron chi connectivity index (χ3n) is 6.73. The SMILES string of the molecule is CCN1C(=O)[C@@H](NC(=O)c2nccc(C(F)(F)F)n2)[C@H](c2ccc(F)cc2)c2c(CNC)nn(-c3ccccc3)c21. The number of para-hydroxylation sites is 1. The minimum Gasteiger partial charge on any atom is -0.337 e. The number of likely N-dealkylation sites (N-methyl/N-ethyl adjacent to an activating group) is 1. The van der Waals surface area contributed by atoms with Gasteiger partial charge in [0.25, 0.3) is 11.8 Å². The van der Waals surface area contributed by atoms with E-state index in [1.54, 1.807) is 18.7 Å². The number of amides is 2. The largest absolute Gasteiger partial charge is 0.433 e. The van der Waals surface area contributed by atoms with Crippen molar-refractivity contribution in [1.82, 2.24) is 30.4 Å². The van der Waals surface area contributed by atoms with Crippen LogP contribution in [0.15, 0.2) is 66.9 Å². The van der Waals surface area contributed by atoms with Gasteiger partial charge < -0.3 is 10.6 Å². The van der Waals surface area contributed by atoms with Crippen LogP contribution in [0.4, 0.5) is 23.4 Å². The highest BCUT2D eigenvalue weighted by Crippen LogP contribution is 2.43. The van der Waals surface area contributed by atoms with E-state index in [0.717, 1.165) is 6.20 Å². The van der Waals surface area contributed by atoms with Crippen molar-refractivity contribution in [3.63, 3.8) is 0 Å². The van der Waals surface area contributed by atoms with Crippen LogP contribution < -0.4 is 15.5 Å². The van der Waals surface area contributed by atoms with Crippen molar-refractivity contribution in [1.29, 1.82) is 0 Å². The average molecular weight is 568 g/mol. The van der Waals surface area contributed by atoms with Crippen LogP contribution in [0.5, 0.6) is 0 Å². The van der Waals surface area contributed by atoms with Crippen LogP contribution in [0.1, 0.15) is 46.0 Å². The molecule has 212 valence electrons. The van der Waals surface area contributed by atoms with Crippen molar-refractivity contribution in [2.45, 2.75) is 31.6 Å². The molecule has 0 fully saturated rings. The number of rotatable bonds is 7. The first-order valence-corrected chi connectivity index (χ1v) is 12.7. The molecule has 9 nitrogen and oxygen atoms in total. The van der Waals surface area contributed by atoms with Crippen molar-refractivity contribution < 1.29 is 27.2 Å². The molecule has 41 heavy (non-hydrogen) atoms. The second kappa shape index (κ2) is 11.1. The summed E-state index contributed by atoms with van der Waals surface area (Å²) < 4.78 is 55.4. The van der Waals surface area contributed by atoms with Gasteiger partial charge in [-0.05, 0) is 49.9 Å². The molecule has 2 aromatic heterocycles. The lowest BCUT2D eigenvalue weighted by Gasteiger charge is -2.38. The van der Waals surface area contributed by atoms with Gasteiger partial charge in [-0.15, -0.1) is 0 Å². The summed E-state index contributed by atoms with van der Waals surface area (Å²) in [5, 5.41) is 10.5. The van der Waals surface area contributed by atoms with Gasteiger partial charge in [-0.3, -0.25) is 14.5 Å². The van der Waals surface area contributed by atoms with E-state index in [2.05, 4.69) is 20.6 Å². The van der Waals surface area contributed by atoms with E-state index in [-0.39, 0.29) is 6.54 Å². The topological polar surface area (TPSA) is 105 Å². The molecule has 0 saturated carbocycles. The van der Waals surface area contributed by atoms with Crippen LogP contribution in [0.3, 0.4) is 0 Å². The van der Waals surface area contributed by atoms with Gasteiger partial charge >= 0.3 is 6.18 Å². The number of carbonyl (C=O) groups is 2. The fraction of sp³-hybridized carbons (Fsp3) is 0.250. The van der Waals surface area contributed by atoms with Gasteiger partial charge in [-0.1, -0.05) is 30.3 Å². The highest BCUT2D eigenvalue weighted by molar-refractivity contribution is 6.04. The molecular formula is C28H25F4N7O2. The van der Waals surface area contributed by atoms with Gasteiger partial charge in [0.1, 0.15) is 23.4 Å². The van der Waals surface area contributed by atoms with Crippen LogP contribution in [0.2, 0.25) is 0 Å². The molecule has 0 radical (unpaired) electrons. The highest BCUT2D eigenvalue weighted by Gasteiger charge is 2.46. The molecule has 0 spiro atoms. The molecule has 2 N–H and O–H groups in total. The van der Waals surface area contributed by atoms with Crippen molar-refractivity contribution in [2.75, 3.05) is 18.5 Å². The number of alkyl halides is 3. The van der Waals surface area contributed by atoms with E-state index in [4.69, 9.17) is 5.10 Å². The molecule has 0 aliphatic carbocycles. The monoisotopic (exact) mass is 567 g/mol. The van der Waals surface area contributed by atoms with E-state index in [0.29, 0.717) is 40.9 Å². The van der Waals surface area contributed by atoms with E-state index in [1.807, 2.05) is 30.3 Å². The number of benzene rings is 2. The Labute approximate surface area is 232 Å². The number of nitrogens with one attached hydrogen (secondary N) is 2. The summed E-state index contributed by atoms with van der Waals surface area (Å²) in [6.45, 7) is 2.25. The Morgan fingerprint density at radius 2 is 1.76 bits per heavy atom. The third kappa shape index (κ3) is 5.27. The molecule has 1 aliphatic heterocycles. The van der Waals surface area contributed by atoms with Crippen molar-refractivity contribution >= 4 is 17.6 Å². The first-order valence-electron chi connectivity index (χ1n) is 12.7. The van der Waals surface area contributed by atoms with Crippen LogP contribution in [-0.4, -0.2) is 51.2 Å². The van der Waals surface area contributed by atoms with Gasteiger partial charge in [-0.2, -0.15) is 18.3 Å². The summed E-state index contributed by atoms with van der Waals surface area (Å²) in [5.74, 6) is -3.22. The van der Waals surface area contributed by atoms with Gasteiger partial charge in [0.05, 0.1) is 11.4 Å². The minimum absolute atomic E-state index is 0.200. The predicted molar refractivity (Wildman–Crippen MR) is 141 cm³/mol. The number of fused-ring (bicyclic) bond motifs is 1. The first kappa shape index (κ1) is 27.9. The number of hydrogen-bond donors (Lipinski definition) is 2. The number of carbonyl (C=O) groups excluding carboxylic acids is 2. The van der Waals surface area contributed by atoms with Crippen LogP contribution in [0, 0.1) is 5.82 Å².